The number of primary amides is 1. The molecule has 1 aliphatic rings. The zero-order chi connectivity index (χ0) is 24.2. The Morgan fingerprint density at radius 3 is 2.88 bits per heavy atom. The van der Waals surface area contributed by atoms with E-state index in [1.54, 1.807) is 18.2 Å². The fourth-order valence-corrected chi connectivity index (χ4v) is 4.84. The number of carbonyl (C=O) groups excluding carboxylic acids is 1. The molecule has 8 nitrogen and oxygen atoms in total. The molecule has 0 spiro atoms. The number of nitrogens with two attached hydrogens (primary N) is 1. The summed E-state index contributed by atoms with van der Waals surface area (Å²) in [5, 5.41) is 22.7. The van der Waals surface area contributed by atoms with Gasteiger partial charge in [-0.15, -0.1) is 0 Å². The van der Waals surface area contributed by atoms with Gasteiger partial charge in [-0.3, -0.25) is 9.69 Å². The van der Waals surface area contributed by atoms with Crippen molar-refractivity contribution in [3.8, 4) is 11.8 Å². The van der Waals surface area contributed by atoms with E-state index in [-0.39, 0.29) is 12.0 Å². The lowest BCUT2D eigenvalue weighted by Crippen LogP contribution is -2.36. The Labute approximate surface area is 203 Å². The van der Waals surface area contributed by atoms with E-state index in [9.17, 15) is 15.0 Å². The zero-order valence-electron chi connectivity index (χ0n) is 18.9. The number of benzene rings is 1. The summed E-state index contributed by atoms with van der Waals surface area (Å²) in [5.74, 6) is 5.65. The van der Waals surface area contributed by atoms with Crippen LogP contribution in [0.3, 0.4) is 0 Å². The van der Waals surface area contributed by atoms with Crippen molar-refractivity contribution in [3.63, 3.8) is 0 Å². The second-order valence-corrected chi connectivity index (χ2v) is 9.01. The molecule has 0 radical (unpaired) electrons. The summed E-state index contributed by atoms with van der Waals surface area (Å²) in [7, 11) is 0. The number of aliphatic hydroxyl groups excluding tert-OH is 2. The highest BCUT2D eigenvalue weighted by Crippen LogP contribution is 2.38. The number of aromatic nitrogens is 3. The van der Waals surface area contributed by atoms with Crippen LogP contribution < -0.4 is 5.73 Å². The lowest BCUT2D eigenvalue weighted by Gasteiger charge is -2.25. The normalized spacial score (nSPS) is 22.1. The van der Waals surface area contributed by atoms with Gasteiger partial charge in [0.1, 0.15) is 23.2 Å². The third kappa shape index (κ3) is 5.08. The van der Waals surface area contributed by atoms with Crippen LogP contribution in [0.25, 0.3) is 11.0 Å². The first-order chi connectivity index (χ1) is 16.4. The Kier molecular flexibility index (Phi) is 7.49. The van der Waals surface area contributed by atoms with Crippen molar-refractivity contribution in [2.75, 3.05) is 19.6 Å². The Morgan fingerprint density at radius 2 is 2.12 bits per heavy atom. The highest BCUT2D eigenvalue weighted by atomic mass is 35.5. The van der Waals surface area contributed by atoms with Crippen LogP contribution in [0.2, 0.25) is 5.15 Å². The Balaban J connectivity index is 1.46. The summed E-state index contributed by atoms with van der Waals surface area (Å²) < 4.78 is 1.88. The van der Waals surface area contributed by atoms with E-state index >= 15 is 0 Å². The predicted molar refractivity (Wildman–Crippen MR) is 130 cm³/mol. The molecule has 1 saturated carbocycles. The summed E-state index contributed by atoms with van der Waals surface area (Å²) in [5.41, 5.74) is 7.14. The molecular weight excluding hydrogens is 454 g/mol. The Bertz CT molecular complexity index is 1230. The van der Waals surface area contributed by atoms with Crippen LogP contribution in [-0.2, 0) is 0 Å². The minimum absolute atomic E-state index is 0.124. The lowest BCUT2D eigenvalue weighted by molar-refractivity contribution is 0.00107. The van der Waals surface area contributed by atoms with Gasteiger partial charge in [0, 0.05) is 29.8 Å². The van der Waals surface area contributed by atoms with Gasteiger partial charge in [0.15, 0.2) is 0 Å². The highest BCUT2D eigenvalue weighted by Gasteiger charge is 2.43. The molecular formula is C25H28ClN5O3. The van der Waals surface area contributed by atoms with E-state index < -0.39 is 18.1 Å². The maximum Gasteiger partial charge on any atom is 0.248 e. The van der Waals surface area contributed by atoms with Gasteiger partial charge in [-0.1, -0.05) is 36.4 Å². The number of fused-ring (bicyclic) bond motifs is 1. The molecule has 2 heterocycles. The summed E-state index contributed by atoms with van der Waals surface area (Å²) in [6.07, 6.45) is 2.99. The van der Waals surface area contributed by atoms with Gasteiger partial charge in [0.25, 0.3) is 0 Å². The molecule has 4 N–H and O–H groups in total. The van der Waals surface area contributed by atoms with Crippen molar-refractivity contribution in [1.82, 2.24) is 19.4 Å². The van der Waals surface area contributed by atoms with E-state index in [0.29, 0.717) is 35.9 Å². The molecule has 9 heteroatoms. The number of halogens is 1. The Morgan fingerprint density at radius 1 is 1.29 bits per heavy atom. The molecule has 1 amide bonds. The molecule has 34 heavy (non-hydrogen) atoms. The third-order valence-electron chi connectivity index (χ3n) is 6.30. The average molecular weight is 482 g/mol. The van der Waals surface area contributed by atoms with E-state index in [4.69, 9.17) is 17.3 Å². The number of amides is 1. The number of hydrogen-bond acceptors (Lipinski definition) is 6. The molecule has 4 atom stereocenters. The molecule has 1 aromatic carbocycles. The standard InChI is InChI=1S/C25H28ClN5O3/c1-2-9-30(10-4-6-16-5-3-7-17(12-16)24(27)34)14-18-13-20(22(33)21(18)32)31-11-8-19-23(26)28-15-29-25(19)31/h3,5,7-8,11-12,15,18,20-22,32-33H,2,9-10,13-14H2,1H3,(H2,27,34)/t18?,20-,21-,22+/m1/s1. The van der Waals surface area contributed by atoms with Crippen LogP contribution in [0.15, 0.2) is 42.9 Å². The van der Waals surface area contributed by atoms with E-state index in [1.165, 1.54) is 6.33 Å². The summed E-state index contributed by atoms with van der Waals surface area (Å²) in [6.45, 7) is 4.02. The molecule has 0 bridgehead atoms. The lowest BCUT2D eigenvalue weighted by atomic mass is 10.0. The van der Waals surface area contributed by atoms with Gasteiger partial charge in [-0.05, 0) is 43.7 Å². The maximum absolute atomic E-state index is 11.4. The number of rotatable bonds is 7. The van der Waals surface area contributed by atoms with Gasteiger partial charge >= 0.3 is 0 Å². The summed E-state index contributed by atoms with van der Waals surface area (Å²) in [4.78, 5) is 21.9. The van der Waals surface area contributed by atoms with Crippen LogP contribution >= 0.6 is 11.6 Å². The van der Waals surface area contributed by atoms with Gasteiger partial charge < -0.3 is 20.5 Å². The monoisotopic (exact) mass is 481 g/mol. The van der Waals surface area contributed by atoms with E-state index in [1.807, 2.05) is 22.9 Å². The molecule has 0 saturated heterocycles. The second kappa shape index (κ2) is 10.5. The van der Waals surface area contributed by atoms with Crippen LogP contribution in [-0.4, -0.2) is 67.4 Å². The molecule has 0 aliphatic heterocycles. The van der Waals surface area contributed by atoms with Crippen LogP contribution in [0, 0.1) is 17.8 Å². The fourth-order valence-electron chi connectivity index (χ4n) is 4.65. The minimum atomic E-state index is -0.916. The molecule has 2 aromatic heterocycles. The van der Waals surface area contributed by atoms with E-state index in [2.05, 4.69) is 33.6 Å². The maximum atomic E-state index is 11.4. The predicted octanol–water partition coefficient (Wildman–Crippen LogP) is 2.23. The van der Waals surface area contributed by atoms with E-state index in [0.717, 1.165) is 23.9 Å². The smallest absolute Gasteiger partial charge is 0.248 e. The topological polar surface area (TPSA) is 118 Å². The molecule has 1 aliphatic carbocycles. The number of carbonyl (C=O) groups is 1. The van der Waals surface area contributed by atoms with Gasteiger partial charge in [0.05, 0.1) is 24.1 Å². The van der Waals surface area contributed by atoms with Crippen LogP contribution in [0.5, 0.6) is 0 Å². The first kappa shape index (κ1) is 24.2. The highest BCUT2D eigenvalue weighted by molar-refractivity contribution is 6.33. The second-order valence-electron chi connectivity index (χ2n) is 8.65. The van der Waals surface area contributed by atoms with Crippen molar-refractivity contribution in [2.45, 2.75) is 38.0 Å². The quantitative estimate of drug-likeness (QED) is 0.352. The average Bonchev–Trinajstić information content (AvgIpc) is 3.37. The molecule has 4 rings (SSSR count). The summed E-state index contributed by atoms with van der Waals surface area (Å²) >= 11 is 6.17. The number of nitrogens with zero attached hydrogens (tertiary/aromatic N) is 4. The number of aliphatic hydroxyl groups is 2. The fraction of sp³-hybridized carbons (Fsp3) is 0.400. The van der Waals surface area contributed by atoms with Gasteiger partial charge in [-0.25, -0.2) is 9.97 Å². The third-order valence-corrected chi connectivity index (χ3v) is 6.61. The SMILES string of the molecule is CCCN(CC#Cc1cccc(C(N)=O)c1)CC1C[C@@H](n2ccc3c(Cl)ncnc32)[C@H](O)[C@@H]1O. The largest absolute Gasteiger partial charge is 0.390 e. The van der Waals surface area contributed by atoms with Crippen molar-refractivity contribution >= 4 is 28.5 Å². The van der Waals surface area contributed by atoms with Crippen molar-refractivity contribution < 1.29 is 15.0 Å². The first-order valence-electron chi connectivity index (χ1n) is 11.3. The van der Waals surface area contributed by atoms with Crippen LogP contribution in [0.1, 0.15) is 41.7 Å². The zero-order valence-corrected chi connectivity index (χ0v) is 19.7. The van der Waals surface area contributed by atoms with Gasteiger partial charge in [-0.2, -0.15) is 0 Å². The van der Waals surface area contributed by atoms with Gasteiger partial charge in [0.2, 0.25) is 5.91 Å². The van der Waals surface area contributed by atoms with Crippen molar-refractivity contribution in [2.24, 2.45) is 11.7 Å². The minimum Gasteiger partial charge on any atom is -0.390 e. The van der Waals surface area contributed by atoms with Crippen LogP contribution in [0.4, 0.5) is 0 Å². The molecule has 1 unspecified atom stereocenters. The van der Waals surface area contributed by atoms with Crippen molar-refractivity contribution in [1.29, 1.82) is 0 Å². The molecule has 3 aromatic rings. The van der Waals surface area contributed by atoms with Crippen molar-refractivity contribution in [3.05, 3.63) is 59.1 Å². The molecule has 1 fully saturated rings. The summed E-state index contributed by atoms with van der Waals surface area (Å²) in [6, 6.07) is 8.45. The number of hydrogen-bond donors (Lipinski definition) is 3. The first-order valence-corrected chi connectivity index (χ1v) is 11.7. The Hall–Kier alpha value is -2.96. The molecule has 178 valence electrons.